The van der Waals surface area contributed by atoms with E-state index in [0.29, 0.717) is 0 Å². The number of likely N-dealkylation sites (tertiary alicyclic amines) is 1. The summed E-state index contributed by atoms with van der Waals surface area (Å²) in [5.41, 5.74) is 2.26. The molecule has 1 aromatic heterocycles. The lowest BCUT2D eigenvalue weighted by atomic mass is 10.1. The summed E-state index contributed by atoms with van der Waals surface area (Å²) in [5, 5.41) is 16.4. The van der Waals surface area contributed by atoms with Crippen molar-refractivity contribution in [2.24, 2.45) is 4.99 Å². The Morgan fingerprint density at radius 3 is 2.70 bits per heavy atom. The zero-order valence-electron chi connectivity index (χ0n) is 18.3. The van der Waals surface area contributed by atoms with Crippen LogP contribution in [-0.4, -0.2) is 70.9 Å². The number of hydrogen-bond donors (Lipinski definition) is 3. The molecule has 0 bridgehead atoms. The van der Waals surface area contributed by atoms with Gasteiger partial charge in [0.1, 0.15) is 5.82 Å². The van der Waals surface area contributed by atoms with Crippen LogP contribution in [0.25, 0.3) is 11.0 Å². The van der Waals surface area contributed by atoms with Gasteiger partial charge in [0.25, 0.3) is 0 Å². The lowest BCUT2D eigenvalue weighted by molar-refractivity contribution is 0.0823. The lowest BCUT2D eigenvalue weighted by Crippen LogP contribution is -2.40. The number of halogens is 1. The van der Waals surface area contributed by atoms with Crippen LogP contribution >= 0.6 is 24.0 Å². The van der Waals surface area contributed by atoms with Crippen molar-refractivity contribution in [1.29, 1.82) is 0 Å². The first-order valence-corrected chi connectivity index (χ1v) is 11.0. The molecule has 1 aliphatic heterocycles. The number of guanidine groups is 1. The molecule has 0 radical (unpaired) electrons. The van der Waals surface area contributed by atoms with Crippen molar-refractivity contribution in [1.82, 2.24) is 25.1 Å². The van der Waals surface area contributed by atoms with Crippen LogP contribution in [0.1, 0.15) is 38.4 Å². The van der Waals surface area contributed by atoms with Gasteiger partial charge in [0.2, 0.25) is 0 Å². The summed E-state index contributed by atoms with van der Waals surface area (Å²) in [6.45, 7) is 10.7. The number of imidazole rings is 1. The van der Waals surface area contributed by atoms with Crippen LogP contribution < -0.4 is 10.6 Å². The first kappa shape index (κ1) is 24.9. The standard InChI is InChI=1S/C22H36N6O.HI/c1-3-23-22(24-12-6-14-27-16-10-19(29)11-17-27)25-13-7-15-28-18(2)26-20-8-4-5-9-21(20)28;/h4-5,8-9,19,29H,3,6-7,10-17H2,1-2H3,(H2,23,24,25);1H. The van der Waals surface area contributed by atoms with Gasteiger partial charge in [-0.2, -0.15) is 0 Å². The smallest absolute Gasteiger partial charge is 0.191 e. The predicted octanol–water partition coefficient (Wildman–Crippen LogP) is 2.75. The molecule has 30 heavy (non-hydrogen) atoms. The lowest BCUT2D eigenvalue weighted by Gasteiger charge is -2.29. The number of rotatable bonds is 9. The average molecular weight is 528 g/mol. The van der Waals surface area contributed by atoms with Gasteiger partial charge in [-0.25, -0.2) is 4.98 Å². The van der Waals surface area contributed by atoms with Crippen LogP contribution in [0.15, 0.2) is 29.3 Å². The van der Waals surface area contributed by atoms with Crippen molar-refractivity contribution in [3.8, 4) is 0 Å². The number of nitrogens with one attached hydrogen (secondary N) is 2. The maximum atomic E-state index is 9.59. The molecule has 1 aromatic carbocycles. The SMILES string of the molecule is CCNC(=NCCCn1c(C)nc2ccccc21)NCCCN1CCC(O)CC1.I. The zero-order valence-corrected chi connectivity index (χ0v) is 20.6. The summed E-state index contributed by atoms with van der Waals surface area (Å²) in [5.74, 6) is 1.96. The summed E-state index contributed by atoms with van der Waals surface area (Å²) in [4.78, 5) is 11.8. The number of aromatic nitrogens is 2. The molecule has 0 atom stereocenters. The van der Waals surface area contributed by atoms with E-state index in [-0.39, 0.29) is 30.1 Å². The molecule has 3 N–H and O–H groups in total. The number of aliphatic hydroxyl groups excluding tert-OH is 1. The number of aliphatic hydroxyl groups is 1. The molecule has 2 heterocycles. The fraction of sp³-hybridized carbons (Fsp3) is 0.636. The summed E-state index contributed by atoms with van der Waals surface area (Å²) < 4.78 is 2.28. The Morgan fingerprint density at radius 2 is 1.93 bits per heavy atom. The normalized spacial score (nSPS) is 15.9. The first-order valence-electron chi connectivity index (χ1n) is 11.0. The second-order valence-electron chi connectivity index (χ2n) is 7.77. The summed E-state index contributed by atoms with van der Waals surface area (Å²) in [7, 11) is 0. The highest BCUT2D eigenvalue weighted by atomic mass is 127. The Balaban J connectivity index is 0.00000320. The number of nitrogens with zero attached hydrogens (tertiary/aromatic N) is 4. The number of piperidine rings is 1. The van der Waals surface area contributed by atoms with E-state index in [1.165, 1.54) is 5.52 Å². The molecular weight excluding hydrogens is 491 g/mol. The van der Waals surface area contributed by atoms with Crippen molar-refractivity contribution in [2.75, 3.05) is 39.3 Å². The number of aryl methyl sites for hydroxylation is 2. The topological polar surface area (TPSA) is 77.7 Å². The molecular formula is C22H37IN6O. The van der Waals surface area contributed by atoms with Gasteiger partial charge in [0, 0.05) is 39.3 Å². The minimum absolute atomic E-state index is 0. The van der Waals surface area contributed by atoms with Crippen LogP contribution in [0, 0.1) is 6.92 Å². The van der Waals surface area contributed by atoms with Crippen molar-refractivity contribution in [2.45, 2.75) is 52.2 Å². The van der Waals surface area contributed by atoms with Gasteiger partial charge in [0.15, 0.2) is 5.96 Å². The largest absolute Gasteiger partial charge is 0.393 e. The van der Waals surface area contributed by atoms with E-state index in [4.69, 9.17) is 4.99 Å². The molecule has 1 saturated heterocycles. The fourth-order valence-electron chi connectivity index (χ4n) is 3.89. The number of hydrogen-bond acceptors (Lipinski definition) is 4. The Hall–Kier alpha value is -1.39. The molecule has 7 nitrogen and oxygen atoms in total. The maximum Gasteiger partial charge on any atom is 0.191 e. The molecule has 0 unspecified atom stereocenters. The van der Waals surface area contributed by atoms with Crippen LogP contribution in [0.5, 0.6) is 0 Å². The highest BCUT2D eigenvalue weighted by molar-refractivity contribution is 14.0. The number of para-hydroxylation sites is 2. The van der Waals surface area contributed by atoms with Gasteiger partial charge in [-0.3, -0.25) is 4.99 Å². The predicted molar refractivity (Wildman–Crippen MR) is 135 cm³/mol. The van der Waals surface area contributed by atoms with E-state index in [1.54, 1.807) is 0 Å². The fourth-order valence-corrected chi connectivity index (χ4v) is 3.89. The van der Waals surface area contributed by atoms with Gasteiger partial charge in [-0.05, 0) is 58.2 Å². The summed E-state index contributed by atoms with van der Waals surface area (Å²) in [6, 6.07) is 8.30. The van der Waals surface area contributed by atoms with Crippen LogP contribution in [0.2, 0.25) is 0 Å². The van der Waals surface area contributed by atoms with Crippen molar-refractivity contribution >= 4 is 41.0 Å². The summed E-state index contributed by atoms with van der Waals surface area (Å²) in [6.07, 6.45) is 3.78. The van der Waals surface area contributed by atoms with Crippen LogP contribution in [-0.2, 0) is 6.54 Å². The minimum atomic E-state index is -0.0963. The van der Waals surface area contributed by atoms with E-state index in [1.807, 2.05) is 6.07 Å². The second-order valence-corrected chi connectivity index (χ2v) is 7.77. The second kappa shape index (κ2) is 13.1. The van der Waals surface area contributed by atoms with E-state index in [0.717, 1.165) is 88.8 Å². The maximum absolute atomic E-state index is 9.59. The van der Waals surface area contributed by atoms with Crippen molar-refractivity contribution < 1.29 is 5.11 Å². The number of aliphatic imine (C=N–C) groups is 1. The van der Waals surface area contributed by atoms with E-state index < -0.39 is 0 Å². The molecule has 1 fully saturated rings. The third kappa shape index (κ3) is 7.39. The Labute approximate surface area is 197 Å². The van der Waals surface area contributed by atoms with Crippen LogP contribution in [0.4, 0.5) is 0 Å². The third-order valence-electron chi connectivity index (χ3n) is 5.50. The molecule has 1 aliphatic rings. The molecule has 168 valence electrons. The minimum Gasteiger partial charge on any atom is -0.393 e. The molecule has 2 aromatic rings. The Bertz CT molecular complexity index is 785. The molecule has 0 spiro atoms. The average Bonchev–Trinajstić information content (AvgIpc) is 3.05. The molecule has 8 heteroatoms. The van der Waals surface area contributed by atoms with E-state index in [2.05, 4.69) is 57.1 Å². The monoisotopic (exact) mass is 528 g/mol. The number of benzene rings is 1. The van der Waals surface area contributed by atoms with Gasteiger partial charge >= 0.3 is 0 Å². The van der Waals surface area contributed by atoms with Crippen LogP contribution in [0.3, 0.4) is 0 Å². The third-order valence-corrected chi connectivity index (χ3v) is 5.50. The molecule has 0 saturated carbocycles. The Morgan fingerprint density at radius 1 is 1.17 bits per heavy atom. The molecule has 3 rings (SSSR count). The molecule has 0 amide bonds. The van der Waals surface area contributed by atoms with Gasteiger partial charge < -0.3 is 25.2 Å². The Kier molecular flexibility index (Phi) is 10.9. The van der Waals surface area contributed by atoms with Crippen molar-refractivity contribution in [3.05, 3.63) is 30.1 Å². The van der Waals surface area contributed by atoms with E-state index in [9.17, 15) is 5.11 Å². The van der Waals surface area contributed by atoms with Gasteiger partial charge in [-0.1, -0.05) is 12.1 Å². The highest BCUT2D eigenvalue weighted by Crippen LogP contribution is 2.15. The van der Waals surface area contributed by atoms with Gasteiger partial charge in [0.05, 0.1) is 17.1 Å². The number of fused-ring (bicyclic) bond motifs is 1. The van der Waals surface area contributed by atoms with Gasteiger partial charge in [-0.15, -0.1) is 24.0 Å². The zero-order chi connectivity index (χ0) is 20.5. The van der Waals surface area contributed by atoms with Crippen molar-refractivity contribution in [3.63, 3.8) is 0 Å². The first-order chi connectivity index (χ1) is 14.2. The van der Waals surface area contributed by atoms with E-state index >= 15 is 0 Å². The highest BCUT2D eigenvalue weighted by Gasteiger charge is 2.16. The molecule has 0 aliphatic carbocycles. The summed E-state index contributed by atoms with van der Waals surface area (Å²) >= 11 is 0. The quantitative estimate of drug-likeness (QED) is 0.202.